The number of carbonyl (C=O) groups is 2. The van der Waals surface area contributed by atoms with Crippen molar-refractivity contribution in [3.8, 4) is 0 Å². The van der Waals surface area contributed by atoms with Crippen LogP contribution in [0.2, 0.25) is 0 Å². The third-order valence-corrected chi connectivity index (χ3v) is 17.4. The van der Waals surface area contributed by atoms with Crippen LogP contribution in [-0.2, 0) is 26.2 Å². The van der Waals surface area contributed by atoms with E-state index >= 15 is 17.6 Å². The van der Waals surface area contributed by atoms with E-state index in [9.17, 15) is 9.59 Å². The first-order valence-corrected chi connectivity index (χ1v) is 17.8. The van der Waals surface area contributed by atoms with Crippen LogP contribution in [0.1, 0.15) is 66.2 Å². The summed E-state index contributed by atoms with van der Waals surface area (Å²) in [7, 11) is 0. The first-order chi connectivity index (χ1) is 20.3. The summed E-state index contributed by atoms with van der Waals surface area (Å²) >= 11 is -5.14. The monoisotopic (exact) mass is 626 g/mol. The molecule has 2 aromatic carbocycles. The van der Waals surface area contributed by atoms with Gasteiger partial charge in [0.05, 0.1) is 0 Å². The summed E-state index contributed by atoms with van der Waals surface area (Å²) in [5.41, 5.74) is -1.65. The van der Waals surface area contributed by atoms with Gasteiger partial charge in [-0.25, -0.2) is 0 Å². The van der Waals surface area contributed by atoms with Gasteiger partial charge in [-0.3, -0.25) is 0 Å². The van der Waals surface area contributed by atoms with Gasteiger partial charge in [0.15, 0.2) is 0 Å². The fraction of sp³-hybridized carbons (Fsp3) is 0.353. The van der Waals surface area contributed by atoms with Crippen LogP contribution in [0.3, 0.4) is 0 Å². The summed E-state index contributed by atoms with van der Waals surface area (Å²) in [6.45, 7) is 7.28. The quantitative estimate of drug-likeness (QED) is 0.260. The van der Waals surface area contributed by atoms with Crippen molar-refractivity contribution in [2.24, 2.45) is 0 Å². The molecule has 2 saturated heterocycles. The number of amides is 2. The SMILES string of the molecule is CC1(C)CCC(=O)N1c1ccc(F)[c]([Ti]([C]2=CC=CC2)([C]2=CC=CC2)[c]2c(F)ccc(N3C(=O)CCC3(C)C)c2F)c1F. The molecule has 224 valence electrons. The first-order valence-electron chi connectivity index (χ1n) is 14.7. The van der Waals surface area contributed by atoms with Crippen molar-refractivity contribution in [2.75, 3.05) is 9.80 Å². The van der Waals surface area contributed by atoms with E-state index in [2.05, 4.69) is 0 Å². The Bertz CT molecular complexity index is 1560. The van der Waals surface area contributed by atoms with Gasteiger partial charge in [0.2, 0.25) is 0 Å². The molecule has 6 rings (SSSR count). The Hall–Kier alpha value is -3.23. The Morgan fingerprint density at radius 3 is 1.35 bits per heavy atom. The van der Waals surface area contributed by atoms with Gasteiger partial charge >= 0.3 is 254 Å². The second-order valence-corrected chi connectivity index (χ2v) is 18.9. The van der Waals surface area contributed by atoms with Gasteiger partial charge < -0.3 is 0 Å². The fourth-order valence-electron chi connectivity index (χ4n) is 7.41. The van der Waals surface area contributed by atoms with E-state index in [0.29, 0.717) is 20.6 Å². The molecule has 2 heterocycles. The third kappa shape index (κ3) is 4.43. The Morgan fingerprint density at radius 2 is 1.05 bits per heavy atom. The second kappa shape index (κ2) is 10.4. The number of halogens is 4. The number of rotatable bonds is 6. The molecule has 0 spiro atoms. The van der Waals surface area contributed by atoms with E-state index in [0.717, 1.165) is 12.1 Å². The van der Waals surface area contributed by atoms with Crippen molar-refractivity contribution in [3.63, 3.8) is 0 Å². The number of hydrogen-bond donors (Lipinski definition) is 0. The van der Waals surface area contributed by atoms with E-state index in [4.69, 9.17) is 0 Å². The van der Waals surface area contributed by atoms with Crippen molar-refractivity contribution >= 4 is 30.9 Å². The molecule has 0 unspecified atom stereocenters. The van der Waals surface area contributed by atoms with Crippen LogP contribution in [0.25, 0.3) is 0 Å². The van der Waals surface area contributed by atoms with Crippen molar-refractivity contribution in [2.45, 2.75) is 77.3 Å². The zero-order chi connectivity index (χ0) is 30.9. The average molecular weight is 627 g/mol. The molecule has 0 saturated carbocycles. The van der Waals surface area contributed by atoms with Crippen molar-refractivity contribution in [3.05, 3.63) is 91.7 Å². The molecule has 2 aliphatic heterocycles. The molecule has 2 amide bonds. The molecule has 0 atom stereocenters. The topological polar surface area (TPSA) is 40.6 Å². The molecule has 4 aliphatic rings. The molecule has 2 fully saturated rings. The first kappa shape index (κ1) is 29.8. The number of hydrogen-bond acceptors (Lipinski definition) is 2. The van der Waals surface area contributed by atoms with Crippen LogP contribution in [-0.4, -0.2) is 22.9 Å². The predicted molar refractivity (Wildman–Crippen MR) is 157 cm³/mol. The van der Waals surface area contributed by atoms with Gasteiger partial charge in [0.25, 0.3) is 0 Å². The number of allylic oxidation sites excluding steroid dienone is 8. The van der Waals surface area contributed by atoms with Crippen LogP contribution >= 0.6 is 0 Å². The summed E-state index contributed by atoms with van der Waals surface area (Å²) < 4.78 is 67.8. The maximum atomic E-state index is 17.2. The van der Waals surface area contributed by atoms with Crippen LogP contribution in [0.15, 0.2) is 68.5 Å². The van der Waals surface area contributed by atoms with E-state index in [-0.39, 0.29) is 56.6 Å². The minimum atomic E-state index is -5.14. The molecule has 0 radical (unpaired) electrons. The summed E-state index contributed by atoms with van der Waals surface area (Å²) in [4.78, 5) is 28.8. The molecule has 2 aromatic rings. The number of carbonyl (C=O) groups excluding carboxylic acids is 2. The maximum absolute atomic E-state index is 17.2. The van der Waals surface area contributed by atoms with Gasteiger partial charge in [-0.1, -0.05) is 0 Å². The molecule has 43 heavy (non-hydrogen) atoms. The van der Waals surface area contributed by atoms with Crippen molar-refractivity contribution < 1.29 is 43.7 Å². The zero-order valence-corrected chi connectivity index (χ0v) is 26.3. The third-order valence-electron chi connectivity index (χ3n) is 9.49. The molecule has 2 aliphatic carbocycles. The Morgan fingerprint density at radius 1 is 0.651 bits per heavy atom. The van der Waals surface area contributed by atoms with Gasteiger partial charge in [-0.05, 0) is 0 Å². The summed E-state index contributed by atoms with van der Waals surface area (Å²) in [6.07, 6.45) is 12.5. The van der Waals surface area contributed by atoms with E-state index in [1.54, 1.807) is 24.3 Å². The molecule has 0 N–H and O–H groups in total. The van der Waals surface area contributed by atoms with Crippen molar-refractivity contribution in [1.29, 1.82) is 0 Å². The molecule has 9 heteroatoms. The standard InChI is InChI=1S/2C12H12F2NO.2C5H5.Ti/c2*1-12(2)6-5-11(16)15(12)10-4-3-8(13)7-9(10)14;2*1-2-4-5-3-1;/h2*3-4H,5-6H2,1-2H3;2*1-3H,4H2;. The molecular formula is C34H34F4N2O2Ti. The Kier molecular flexibility index (Phi) is 7.25. The van der Waals surface area contributed by atoms with Gasteiger partial charge in [-0.2, -0.15) is 0 Å². The second-order valence-electron chi connectivity index (χ2n) is 13.0. The molecular weight excluding hydrogens is 592 g/mol. The number of nitrogens with zero attached hydrogens (tertiary/aromatic N) is 2. The molecule has 0 bridgehead atoms. The van der Waals surface area contributed by atoms with Crippen molar-refractivity contribution in [1.82, 2.24) is 0 Å². The van der Waals surface area contributed by atoms with E-state index in [1.165, 1.54) is 21.9 Å². The normalized spacial score (nSPS) is 20.9. The van der Waals surface area contributed by atoms with Gasteiger partial charge in [0.1, 0.15) is 0 Å². The fourth-order valence-corrected chi connectivity index (χ4v) is 15.7. The Balaban J connectivity index is 1.72. The van der Waals surface area contributed by atoms with Gasteiger partial charge in [0, 0.05) is 0 Å². The number of benzene rings is 2. The molecule has 0 aromatic heterocycles. The van der Waals surface area contributed by atoms with Gasteiger partial charge in [-0.15, -0.1) is 0 Å². The minimum absolute atomic E-state index is 0.0927. The van der Waals surface area contributed by atoms with Crippen LogP contribution in [0.5, 0.6) is 0 Å². The number of anilines is 2. The van der Waals surface area contributed by atoms with E-state index in [1.807, 2.05) is 39.8 Å². The summed E-state index contributed by atoms with van der Waals surface area (Å²) in [6, 6.07) is 4.74. The van der Waals surface area contributed by atoms with Crippen LogP contribution in [0, 0.1) is 23.3 Å². The van der Waals surface area contributed by atoms with E-state index < -0.39 is 50.9 Å². The Labute approximate surface area is 252 Å². The van der Waals surface area contributed by atoms with Crippen LogP contribution in [0.4, 0.5) is 28.9 Å². The van der Waals surface area contributed by atoms with Crippen LogP contribution < -0.4 is 17.5 Å². The summed E-state index contributed by atoms with van der Waals surface area (Å²) in [5, 5.41) is 0. The predicted octanol–water partition coefficient (Wildman–Crippen LogP) is 6.85. The molecule has 4 nitrogen and oxygen atoms in total. The average Bonchev–Trinajstić information content (AvgIpc) is 3.75. The summed E-state index contributed by atoms with van der Waals surface area (Å²) in [5.74, 6) is -4.34. The zero-order valence-electron chi connectivity index (χ0n) is 24.7.